The lowest BCUT2D eigenvalue weighted by Crippen LogP contribution is -2.20. The zero-order chi connectivity index (χ0) is 20.5. The van der Waals surface area contributed by atoms with E-state index in [0.717, 1.165) is 19.3 Å². The van der Waals surface area contributed by atoms with Gasteiger partial charge in [-0.15, -0.1) is 0 Å². The largest absolute Gasteiger partial charge is 0.756 e. The Labute approximate surface area is 171 Å². The Morgan fingerprint density at radius 1 is 1.00 bits per heavy atom. The van der Waals surface area contributed by atoms with Gasteiger partial charge in [-0.25, -0.2) is 0 Å². The summed E-state index contributed by atoms with van der Waals surface area (Å²) in [4.78, 5) is 19.1. The number of phosphoric acid groups is 1. The lowest BCUT2D eigenvalue weighted by molar-refractivity contribution is -0.222. The molecule has 1 heterocycles. The molecule has 0 aliphatic carbocycles. The standard InChI is InChI=1S/C21H41O6P/c1-2-3-4-5-6-7-8-9-10-11-12-13-14-15-16-17-21-25-18-20(27-21)19-26-28(22,23)24/h8-9,20-21H,2-7,10-19H2,1H3,(H2,22,23,24)/p-1/b9-8+/t20-,21+/m1/s1. The number of hydrogen-bond donors (Lipinski definition) is 1. The van der Waals surface area contributed by atoms with Gasteiger partial charge >= 0.3 is 0 Å². The van der Waals surface area contributed by atoms with E-state index in [1.54, 1.807) is 0 Å². The molecule has 1 fully saturated rings. The van der Waals surface area contributed by atoms with Gasteiger partial charge in [0.25, 0.3) is 7.82 Å². The Balaban J connectivity index is 1.83. The molecule has 166 valence electrons. The molecule has 1 unspecified atom stereocenters. The molecular weight excluding hydrogens is 379 g/mol. The normalized spacial score (nSPS) is 22.1. The van der Waals surface area contributed by atoms with Gasteiger partial charge < -0.3 is 23.8 Å². The number of hydrogen-bond acceptors (Lipinski definition) is 5. The second-order valence-electron chi connectivity index (χ2n) is 7.66. The minimum Gasteiger partial charge on any atom is -0.756 e. The van der Waals surface area contributed by atoms with Crippen LogP contribution in [0.5, 0.6) is 0 Å². The quantitative estimate of drug-likeness (QED) is 0.186. The first-order valence-corrected chi connectivity index (χ1v) is 12.6. The molecule has 0 amide bonds. The second kappa shape index (κ2) is 16.6. The summed E-state index contributed by atoms with van der Waals surface area (Å²) in [7, 11) is -4.68. The van der Waals surface area contributed by atoms with Crippen molar-refractivity contribution < 1.29 is 28.3 Å². The molecule has 0 bridgehead atoms. The van der Waals surface area contributed by atoms with Crippen molar-refractivity contribution >= 4 is 7.82 Å². The molecule has 0 aromatic heterocycles. The molecule has 1 aliphatic heterocycles. The molecule has 28 heavy (non-hydrogen) atoms. The molecule has 0 radical (unpaired) electrons. The highest BCUT2D eigenvalue weighted by atomic mass is 31.2. The fourth-order valence-electron chi connectivity index (χ4n) is 3.31. The highest BCUT2D eigenvalue weighted by molar-refractivity contribution is 7.44. The number of ether oxygens (including phenoxy) is 2. The van der Waals surface area contributed by atoms with E-state index in [0.29, 0.717) is 6.61 Å². The van der Waals surface area contributed by atoms with E-state index >= 15 is 0 Å². The molecule has 0 spiro atoms. The van der Waals surface area contributed by atoms with Crippen LogP contribution in [0.4, 0.5) is 0 Å². The monoisotopic (exact) mass is 419 g/mol. The van der Waals surface area contributed by atoms with Crippen LogP contribution in [0.1, 0.15) is 96.8 Å². The van der Waals surface area contributed by atoms with Crippen LogP contribution < -0.4 is 4.89 Å². The fourth-order valence-corrected chi connectivity index (χ4v) is 3.66. The molecule has 1 rings (SSSR count). The van der Waals surface area contributed by atoms with Crippen molar-refractivity contribution in [1.82, 2.24) is 0 Å². The third-order valence-corrected chi connectivity index (χ3v) is 5.41. The molecule has 0 saturated carbocycles. The maximum absolute atomic E-state index is 10.6. The number of allylic oxidation sites excluding steroid dienone is 2. The van der Waals surface area contributed by atoms with Gasteiger partial charge in [0.2, 0.25) is 0 Å². The fraction of sp³-hybridized carbons (Fsp3) is 0.905. The first-order chi connectivity index (χ1) is 13.5. The molecule has 1 N–H and O–H groups in total. The van der Waals surface area contributed by atoms with Gasteiger partial charge in [-0.3, -0.25) is 4.57 Å². The van der Waals surface area contributed by atoms with E-state index in [2.05, 4.69) is 23.6 Å². The van der Waals surface area contributed by atoms with Gasteiger partial charge in [0.05, 0.1) is 13.2 Å². The Bertz CT molecular complexity index is 437. The molecule has 0 aromatic carbocycles. The van der Waals surface area contributed by atoms with E-state index in [1.807, 2.05) is 0 Å². The maximum atomic E-state index is 10.6. The van der Waals surface area contributed by atoms with E-state index in [1.165, 1.54) is 70.6 Å². The predicted molar refractivity (Wildman–Crippen MR) is 110 cm³/mol. The van der Waals surface area contributed by atoms with Crippen molar-refractivity contribution in [2.45, 2.75) is 109 Å². The highest BCUT2D eigenvalue weighted by Crippen LogP contribution is 2.31. The minimum absolute atomic E-state index is 0.193. The van der Waals surface area contributed by atoms with Crippen LogP contribution >= 0.6 is 7.82 Å². The third kappa shape index (κ3) is 15.7. The van der Waals surface area contributed by atoms with E-state index in [4.69, 9.17) is 14.4 Å². The molecule has 7 heteroatoms. The van der Waals surface area contributed by atoms with Gasteiger partial charge in [-0.05, 0) is 38.5 Å². The van der Waals surface area contributed by atoms with Crippen molar-refractivity contribution in [3.05, 3.63) is 12.2 Å². The summed E-state index contributed by atoms with van der Waals surface area (Å²) >= 11 is 0. The van der Waals surface area contributed by atoms with E-state index in [-0.39, 0.29) is 12.9 Å². The first kappa shape index (κ1) is 25.8. The predicted octanol–water partition coefficient (Wildman–Crippen LogP) is 5.24. The van der Waals surface area contributed by atoms with Crippen LogP contribution in [0.25, 0.3) is 0 Å². The summed E-state index contributed by atoms with van der Waals surface area (Å²) < 4.78 is 25.9. The van der Waals surface area contributed by atoms with Crippen LogP contribution in [-0.4, -0.2) is 30.5 Å². The second-order valence-corrected chi connectivity index (χ2v) is 8.85. The summed E-state index contributed by atoms with van der Waals surface area (Å²) in [5, 5.41) is 0. The first-order valence-electron chi connectivity index (χ1n) is 11.1. The summed E-state index contributed by atoms with van der Waals surface area (Å²) in [6.07, 6.45) is 21.2. The molecule has 6 nitrogen and oxygen atoms in total. The summed E-state index contributed by atoms with van der Waals surface area (Å²) in [5.74, 6) is 0. The van der Waals surface area contributed by atoms with Crippen LogP contribution in [0.15, 0.2) is 12.2 Å². The van der Waals surface area contributed by atoms with Gasteiger partial charge in [0.1, 0.15) is 6.10 Å². The van der Waals surface area contributed by atoms with Crippen LogP contribution in [0.2, 0.25) is 0 Å². The zero-order valence-electron chi connectivity index (χ0n) is 17.6. The Morgan fingerprint density at radius 2 is 1.57 bits per heavy atom. The number of phosphoric ester groups is 1. The SMILES string of the molecule is CCCCCCC/C=C/CCCCCCCC[C@H]1OC[C@H](COP(=O)([O-])O)O1. The molecule has 3 atom stereocenters. The van der Waals surface area contributed by atoms with Crippen molar-refractivity contribution in [2.75, 3.05) is 13.2 Å². The maximum Gasteiger partial charge on any atom is 0.265 e. The van der Waals surface area contributed by atoms with Gasteiger partial charge in [0.15, 0.2) is 6.29 Å². The lowest BCUT2D eigenvalue weighted by Gasteiger charge is -2.17. The van der Waals surface area contributed by atoms with Crippen LogP contribution in [0.3, 0.4) is 0 Å². The molecule has 1 saturated heterocycles. The molecule has 1 aliphatic rings. The van der Waals surface area contributed by atoms with Gasteiger partial charge in [-0.1, -0.05) is 70.4 Å². The smallest absolute Gasteiger partial charge is 0.265 e. The average Bonchev–Trinajstić information content (AvgIpc) is 3.10. The van der Waals surface area contributed by atoms with Gasteiger partial charge in [0, 0.05) is 0 Å². The average molecular weight is 420 g/mol. The van der Waals surface area contributed by atoms with E-state index < -0.39 is 13.9 Å². The summed E-state index contributed by atoms with van der Waals surface area (Å²) in [5.41, 5.74) is 0. The highest BCUT2D eigenvalue weighted by Gasteiger charge is 2.26. The Morgan fingerprint density at radius 3 is 2.18 bits per heavy atom. The van der Waals surface area contributed by atoms with Crippen molar-refractivity contribution in [3.8, 4) is 0 Å². The molecular formula is C21H40O6P-. The van der Waals surface area contributed by atoms with Crippen molar-refractivity contribution in [1.29, 1.82) is 0 Å². The van der Waals surface area contributed by atoms with Crippen molar-refractivity contribution in [2.24, 2.45) is 0 Å². The van der Waals surface area contributed by atoms with Crippen LogP contribution in [-0.2, 0) is 18.6 Å². The third-order valence-electron chi connectivity index (χ3n) is 4.94. The Hall–Kier alpha value is -0.230. The molecule has 0 aromatic rings. The van der Waals surface area contributed by atoms with Crippen LogP contribution in [0, 0.1) is 0 Å². The number of rotatable bonds is 18. The van der Waals surface area contributed by atoms with E-state index in [9.17, 15) is 9.46 Å². The van der Waals surface area contributed by atoms with Gasteiger partial charge in [-0.2, -0.15) is 0 Å². The number of unbranched alkanes of at least 4 members (excludes halogenated alkanes) is 11. The topological polar surface area (TPSA) is 88.1 Å². The Kier molecular flexibility index (Phi) is 15.3. The zero-order valence-corrected chi connectivity index (χ0v) is 18.5. The minimum atomic E-state index is -4.68. The summed E-state index contributed by atoms with van der Waals surface area (Å²) in [6, 6.07) is 0. The van der Waals surface area contributed by atoms with Crippen molar-refractivity contribution in [3.63, 3.8) is 0 Å². The lowest BCUT2D eigenvalue weighted by atomic mass is 10.1. The summed E-state index contributed by atoms with van der Waals surface area (Å²) in [6.45, 7) is 2.36.